The third-order valence-electron chi connectivity index (χ3n) is 2.44. The second-order valence-electron chi connectivity index (χ2n) is 3.72. The summed E-state index contributed by atoms with van der Waals surface area (Å²) in [6.45, 7) is 0.670. The van der Waals surface area contributed by atoms with Crippen molar-refractivity contribution in [3.05, 3.63) is 27.7 Å². The number of phenols is 1. The molecule has 1 rings (SSSR count). The van der Waals surface area contributed by atoms with E-state index in [9.17, 15) is 5.11 Å². The van der Waals surface area contributed by atoms with Crippen molar-refractivity contribution in [1.29, 1.82) is 0 Å². The summed E-state index contributed by atoms with van der Waals surface area (Å²) >= 11 is 11.6. The van der Waals surface area contributed by atoms with Crippen LogP contribution in [0.1, 0.15) is 30.9 Å². The van der Waals surface area contributed by atoms with Crippen LogP contribution in [0.2, 0.25) is 10.0 Å². The number of benzene rings is 1. The van der Waals surface area contributed by atoms with Crippen molar-refractivity contribution in [2.45, 2.75) is 25.3 Å². The van der Waals surface area contributed by atoms with Crippen LogP contribution < -0.4 is 11.5 Å². The minimum absolute atomic E-state index is 0. The van der Waals surface area contributed by atoms with Gasteiger partial charge in [0.1, 0.15) is 0 Å². The number of hydrogen-bond acceptors (Lipinski definition) is 3. The summed E-state index contributed by atoms with van der Waals surface area (Å²) in [6.07, 6.45) is 2.75. The van der Waals surface area contributed by atoms with E-state index >= 15 is 0 Å². The molecule has 0 saturated heterocycles. The van der Waals surface area contributed by atoms with Crippen LogP contribution in [0.5, 0.6) is 5.75 Å². The molecule has 0 radical (unpaired) electrons. The lowest BCUT2D eigenvalue weighted by atomic mass is 10.0. The molecule has 0 aliphatic rings. The summed E-state index contributed by atoms with van der Waals surface area (Å²) in [7, 11) is 0. The van der Waals surface area contributed by atoms with Gasteiger partial charge in [-0.25, -0.2) is 0 Å². The summed E-state index contributed by atoms with van der Waals surface area (Å²) in [5.41, 5.74) is 12.2. The van der Waals surface area contributed by atoms with Crippen molar-refractivity contribution >= 4 is 35.6 Å². The highest BCUT2D eigenvalue weighted by atomic mass is 35.5. The van der Waals surface area contributed by atoms with E-state index in [2.05, 4.69) is 0 Å². The molecule has 6 heteroatoms. The SMILES string of the molecule is Cl.NCCCC[C@@H](N)c1cc(Cl)c(O)c(Cl)c1. The number of nitrogens with two attached hydrogens (primary N) is 2. The zero-order valence-corrected chi connectivity index (χ0v) is 11.7. The molecule has 0 spiro atoms. The minimum Gasteiger partial charge on any atom is -0.505 e. The van der Waals surface area contributed by atoms with E-state index in [0.29, 0.717) is 6.54 Å². The van der Waals surface area contributed by atoms with Gasteiger partial charge in [-0.3, -0.25) is 0 Å². The molecule has 98 valence electrons. The Kier molecular flexibility index (Phi) is 7.92. The van der Waals surface area contributed by atoms with Gasteiger partial charge in [0.05, 0.1) is 10.0 Å². The Bertz CT molecular complexity index is 338. The van der Waals surface area contributed by atoms with Gasteiger partial charge < -0.3 is 16.6 Å². The van der Waals surface area contributed by atoms with Gasteiger partial charge >= 0.3 is 0 Å². The molecule has 0 amide bonds. The van der Waals surface area contributed by atoms with Crippen LogP contribution in [0, 0.1) is 0 Å². The van der Waals surface area contributed by atoms with Crippen molar-refractivity contribution in [3.63, 3.8) is 0 Å². The molecule has 1 aromatic carbocycles. The number of hydrogen-bond donors (Lipinski definition) is 3. The summed E-state index contributed by atoms with van der Waals surface area (Å²) in [5, 5.41) is 9.87. The van der Waals surface area contributed by atoms with Crippen LogP contribution in [0.4, 0.5) is 0 Å². The van der Waals surface area contributed by atoms with Crippen molar-refractivity contribution < 1.29 is 5.11 Å². The Labute approximate surface area is 117 Å². The Morgan fingerprint density at radius 3 is 2.18 bits per heavy atom. The van der Waals surface area contributed by atoms with E-state index in [1.807, 2.05) is 0 Å². The Morgan fingerprint density at radius 1 is 1.18 bits per heavy atom. The van der Waals surface area contributed by atoms with Crippen LogP contribution in [0.25, 0.3) is 0 Å². The number of halogens is 3. The Balaban J connectivity index is 0.00000256. The maximum absolute atomic E-state index is 9.41. The largest absolute Gasteiger partial charge is 0.505 e. The average molecular weight is 300 g/mol. The summed E-state index contributed by atoms with van der Waals surface area (Å²) in [5.74, 6) is -0.0961. The van der Waals surface area contributed by atoms with Crippen LogP contribution in [-0.4, -0.2) is 11.7 Å². The predicted octanol–water partition coefficient (Wildman–Crippen LogP) is 3.25. The lowest BCUT2D eigenvalue weighted by Crippen LogP contribution is -2.11. The molecule has 0 fully saturated rings. The second-order valence-corrected chi connectivity index (χ2v) is 4.54. The van der Waals surface area contributed by atoms with Crippen molar-refractivity contribution in [2.24, 2.45) is 11.5 Å². The molecule has 0 unspecified atom stereocenters. The molecular weight excluding hydrogens is 282 g/mol. The first-order valence-electron chi connectivity index (χ1n) is 5.19. The standard InChI is InChI=1S/C11H16Cl2N2O.ClH/c12-8-5-7(6-9(13)11(8)16)10(15)3-1-2-4-14;/h5-6,10,16H,1-4,14-15H2;1H/t10-;/m1./s1. The van der Waals surface area contributed by atoms with Gasteiger partial charge in [0.2, 0.25) is 0 Å². The molecule has 17 heavy (non-hydrogen) atoms. The molecule has 0 heterocycles. The van der Waals surface area contributed by atoms with E-state index in [-0.39, 0.29) is 34.2 Å². The normalized spacial score (nSPS) is 12.0. The second kappa shape index (κ2) is 8.01. The Hall–Kier alpha value is -0.190. The van der Waals surface area contributed by atoms with Gasteiger partial charge in [0, 0.05) is 6.04 Å². The number of phenolic OH excluding ortho intramolecular Hbond substituents is 1. The maximum Gasteiger partial charge on any atom is 0.152 e. The van der Waals surface area contributed by atoms with Crippen LogP contribution >= 0.6 is 35.6 Å². The van der Waals surface area contributed by atoms with E-state index in [4.69, 9.17) is 34.7 Å². The van der Waals surface area contributed by atoms with E-state index in [0.717, 1.165) is 24.8 Å². The fourth-order valence-electron chi connectivity index (χ4n) is 1.47. The molecule has 1 atom stereocenters. The van der Waals surface area contributed by atoms with Gasteiger partial charge in [-0.2, -0.15) is 0 Å². The summed E-state index contributed by atoms with van der Waals surface area (Å²) < 4.78 is 0. The summed E-state index contributed by atoms with van der Waals surface area (Å²) in [4.78, 5) is 0. The first-order valence-corrected chi connectivity index (χ1v) is 5.95. The topological polar surface area (TPSA) is 72.3 Å². The smallest absolute Gasteiger partial charge is 0.152 e. The molecular formula is C11H17Cl3N2O. The highest BCUT2D eigenvalue weighted by molar-refractivity contribution is 6.37. The van der Waals surface area contributed by atoms with E-state index in [1.165, 1.54) is 0 Å². The molecule has 0 aromatic heterocycles. The van der Waals surface area contributed by atoms with Crippen LogP contribution in [0.15, 0.2) is 12.1 Å². The Morgan fingerprint density at radius 2 is 1.71 bits per heavy atom. The fourth-order valence-corrected chi connectivity index (χ4v) is 1.98. The minimum atomic E-state index is -0.123. The third-order valence-corrected chi connectivity index (χ3v) is 3.01. The molecule has 1 aromatic rings. The fraction of sp³-hybridized carbons (Fsp3) is 0.455. The average Bonchev–Trinajstić information content (AvgIpc) is 2.25. The molecule has 0 aliphatic heterocycles. The zero-order valence-electron chi connectivity index (χ0n) is 9.33. The monoisotopic (exact) mass is 298 g/mol. The first kappa shape index (κ1) is 16.8. The lowest BCUT2D eigenvalue weighted by molar-refractivity contribution is 0.475. The van der Waals surface area contributed by atoms with Gasteiger partial charge in [-0.15, -0.1) is 12.4 Å². The van der Waals surface area contributed by atoms with Crippen molar-refractivity contribution in [3.8, 4) is 5.75 Å². The molecule has 0 saturated carbocycles. The maximum atomic E-state index is 9.41. The lowest BCUT2D eigenvalue weighted by Gasteiger charge is -2.13. The van der Waals surface area contributed by atoms with Gasteiger partial charge in [0.15, 0.2) is 5.75 Å². The summed E-state index contributed by atoms with van der Waals surface area (Å²) in [6, 6.07) is 3.17. The first-order chi connectivity index (χ1) is 7.56. The third kappa shape index (κ3) is 4.90. The highest BCUT2D eigenvalue weighted by Crippen LogP contribution is 2.34. The predicted molar refractivity (Wildman–Crippen MR) is 75.2 cm³/mol. The van der Waals surface area contributed by atoms with E-state index < -0.39 is 0 Å². The highest BCUT2D eigenvalue weighted by Gasteiger charge is 2.11. The molecule has 0 aliphatic carbocycles. The molecule has 0 bridgehead atoms. The van der Waals surface area contributed by atoms with Gasteiger partial charge in [-0.1, -0.05) is 29.6 Å². The zero-order chi connectivity index (χ0) is 12.1. The molecule has 3 nitrogen and oxygen atoms in total. The number of rotatable bonds is 5. The van der Waals surface area contributed by atoms with Crippen LogP contribution in [-0.2, 0) is 0 Å². The van der Waals surface area contributed by atoms with Crippen LogP contribution in [0.3, 0.4) is 0 Å². The molecule has 5 N–H and O–H groups in total. The quantitative estimate of drug-likeness (QED) is 0.731. The van der Waals surface area contributed by atoms with E-state index in [1.54, 1.807) is 12.1 Å². The van der Waals surface area contributed by atoms with Crippen molar-refractivity contribution in [1.82, 2.24) is 0 Å². The van der Waals surface area contributed by atoms with Gasteiger partial charge in [0.25, 0.3) is 0 Å². The van der Waals surface area contributed by atoms with Gasteiger partial charge in [-0.05, 0) is 37.1 Å². The van der Waals surface area contributed by atoms with Crippen molar-refractivity contribution in [2.75, 3.05) is 6.54 Å². The number of aromatic hydroxyl groups is 1. The number of unbranched alkanes of at least 4 members (excludes halogenated alkanes) is 1.